The van der Waals surface area contributed by atoms with Crippen molar-refractivity contribution in [2.45, 2.75) is 59.0 Å². The highest BCUT2D eigenvalue weighted by atomic mass is 16.3. The fourth-order valence-electron chi connectivity index (χ4n) is 2.61. The summed E-state index contributed by atoms with van der Waals surface area (Å²) in [7, 11) is 0. The van der Waals surface area contributed by atoms with Gasteiger partial charge in [0, 0.05) is 6.54 Å². The molecule has 0 aliphatic heterocycles. The van der Waals surface area contributed by atoms with Gasteiger partial charge < -0.3 is 10.4 Å². The predicted octanol–water partition coefficient (Wildman–Crippen LogP) is 2.81. The normalized spacial score (nSPS) is 31.3. The van der Waals surface area contributed by atoms with Crippen molar-refractivity contribution in [1.82, 2.24) is 5.32 Å². The molecule has 0 saturated heterocycles. The van der Waals surface area contributed by atoms with Crippen molar-refractivity contribution in [3.05, 3.63) is 0 Å². The first kappa shape index (κ1) is 14.0. The molecule has 0 unspecified atom stereocenters. The second-order valence-electron chi connectivity index (χ2n) is 6.33. The van der Waals surface area contributed by atoms with E-state index < -0.39 is 5.60 Å². The number of aliphatic hydroxyl groups is 1. The first-order valence-electron chi connectivity index (χ1n) is 6.86. The van der Waals surface area contributed by atoms with E-state index in [-0.39, 0.29) is 0 Å². The summed E-state index contributed by atoms with van der Waals surface area (Å²) in [5.41, 5.74) is -0.430. The highest BCUT2D eigenvalue weighted by molar-refractivity contribution is 4.88. The molecule has 0 aromatic rings. The lowest BCUT2D eigenvalue weighted by molar-refractivity contribution is -0.0142. The third kappa shape index (κ3) is 4.42. The highest BCUT2D eigenvalue weighted by Crippen LogP contribution is 2.35. The zero-order valence-electron chi connectivity index (χ0n) is 11.4. The van der Waals surface area contributed by atoms with E-state index in [1.807, 2.05) is 0 Å². The molecule has 0 atom stereocenters. The first-order chi connectivity index (χ1) is 7.43. The molecule has 1 aliphatic rings. The van der Waals surface area contributed by atoms with E-state index in [4.69, 9.17) is 0 Å². The van der Waals surface area contributed by atoms with Gasteiger partial charge in [0.15, 0.2) is 0 Å². The molecule has 1 aliphatic carbocycles. The monoisotopic (exact) mass is 227 g/mol. The summed E-state index contributed by atoms with van der Waals surface area (Å²) in [6.07, 6.45) is 4.33. The van der Waals surface area contributed by atoms with Gasteiger partial charge in [-0.3, -0.25) is 0 Å². The van der Waals surface area contributed by atoms with Gasteiger partial charge in [-0.25, -0.2) is 0 Å². The van der Waals surface area contributed by atoms with Crippen LogP contribution >= 0.6 is 0 Å². The van der Waals surface area contributed by atoms with Gasteiger partial charge in [0.2, 0.25) is 0 Å². The second kappa shape index (κ2) is 6.02. The molecule has 0 radical (unpaired) electrons. The standard InChI is InChI=1S/C14H29NO/c1-11(2)9-15-10-14(16)7-5-13(6-8-14)12(3)4/h11-13,15-16H,5-10H2,1-4H3. The van der Waals surface area contributed by atoms with Crippen LogP contribution in [0.15, 0.2) is 0 Å². The number of hydrogen-bond acceptors (Lipinski definition) is 2. The molecule has 1 fully saturated rings. The van der Waals surface area contributed by atoms with Crippen molar-refractivity contribution in [1.29, 1.82) is 0 Å². The van der Waals surface area contributed by atoms with Crippen molar-refractivity contribution in [2.24, 2.45) is 17.8 Å². The molecule has 0 aromatic carbocycles. The van der Waals surface area contributed by atoms with Crippen LogP contribution < -0.4 is 5.32 Å². The molecule has 0 heterocycles. The maximum atomic E-state index is 10.4. The van der Waals surface area contributed by atoms with Gasteiger partial charge in [-0.1, -0.05) is 27.7 Å². The van der Waals surface area contributed by atoms with E-state index in [2.05, 4.69) is 33.0 Å². The lowest BCUT2D eigenvalue weighted by Gasteiger charge is -2.37. The third-order valence-corrected chi connectivity index (χ3v) is 3.91. The quantitative estimate of drug-likeness (QED) is 0.757. The summed E-state index contributed by atoms with van der Waals surface area (Å²) in [5.74, 6) is 2.26. The summed E-state index contributed by atoms with van der Waals surface area (Å²) in [6, 6.07) is 0. The molecular weight excluding hydrogens is 198 g/mol. The second-order valence-corrected chi connectivity index (χ2v) is 6.33. The molecule has 16 heavy (non-hydrogen) atoms. The minimum absolute atomic E-state index is 0.430. The molecular formula is C14H29NO. The van der Waals surface area contributed by atoms with Crippen LogP contribution in [-0.4, -0.2) is 23.8 Å². The summed E-state index contributed by atoms with van der Waals surface area (Å²) in [4.78, 5) is 0. The average molecular weight is 227 g/mol. The van der Waals surface area contributed by atoms with Gasteiger partial charge in [-0.2, -0.15) is 0 Å². The first-order valence-corrected chi connectivity index (χ1v) is 6.86. The third-order valence-electron chi connectivity index (χ3n) is 3.91. The van der Waals surface area contributed by atoms with Gasteiger partial charge in [-0.15, -0.1) is 0 Å². The Balaban J connectivity index is 2.27. The topological polar surface area (TPSA) is 32.3 Å². The SMILES string of the molecule is CC(C)CNCC1(O)CCC(C(C)C)CC1. The molecule has 0 aromatic heterocycles. The summed E-state index contributed by atoms with van der Waals surface area (Å²) >= 11 is 0. The molecule has 1 rings (SSSR count). The van der Waals surface area contributed by atoms with Crippen molar-refractivity contribution < 1.29 is 5.11 Å². The summed E-state index contributed by atoms with van der Waals surface area (Å²) in [6.45, 7) is 10.8. The van der Waals surface area contributed by atoms with Gasteiger partial charge >= 0.3 is 0 Å². The Kier molecular flexibility index (Phi) is 5.26. The van der Waals surface area contributed by atoms with Crippen LogP contribution in [0.5, 0.6) is 0 Å². The summed E-state index contributed by atoms with van der Waals surface area (Å²) in [5, 5.41) is 13.8. The van der Waals surface area contributed by atoms with Crippen LogP contribution in [0.4, 0.5) is 0 Å². The van der Waals surface area contributed by atoms with E-state index in [1.165, 1.54) is 12.8 Å². The Morgan fingerprint density at radius 3 is 2.19 bits per heavy atom. The van der Waals surface area contributed by atoms with Crippen molar-refractivity contribution >= 4 is 0 Å². The highest BCUT2D eigenvalue weighted by Gasteiger charge is 2.33. The van der Waals surface area contributed by atoms with Crippen molar-refractivity contribution in [2.75, 3.05) is 13.1 Å². The Morgan fingerprint density at radius 2 is 1.75 bits per heavy atom. The Hall–Kier alpha value is -0.0800. The van der Waals surface area contributed by atoms with Crippen LogP contribution in [0.25, 0.3) is 0 Å². The fraction of sp³-hybridized carbons (Fsp3) is 1.00. The predicted molar refractivity (Wildman–Crippen MR) is 69.5 cm³/mol. The van der Waals surface area contributed by atoms with Crippen LogP contribution in [0, 0.1) is 17.8 Å². The molecule has 0 spiro atoms. The number of nitrogens with one attached hydrogen (secondary N) is 1. The van der Waals surface area contributed by atoms with Gasteiger partial charge in [0.05, 0.1) is 5.60 Å². The maximum absolute atomic E-state index is 10.4. The molecule has 0 bridgehead atoms. The Labute approximate surface area is 101 Å². The van der Waals surface area contributed by atoms with Crippen LogP contribution in [0.3, 0.4) is 0 Å². The number of hydrogen-bond donors (Lipinski definition) is 2. The largest absolute Gasteiger partial charge is 0.389 e. The van der Waals surface area contributed by atoms with E-state index in [1.54, 1.807) is 0 Å². The van der Waals surface area contributed by atoms with E-state index in [0.717, 1.165) is 37.8 Å². The zero-order chi connectivity index (χ0) is 12.2. The molecule has 96 valence electrons. The van der Waals surface area contributed by atoms with Crippen molar-refractivity contribution in [3.63, 3.8) is 0 Å². The molecule has 2 N–H and O–H groups in total. The average Bonchev–Trinajstić information content (AvgIpc) is 2.17. The van der Waals surface area contributed by atoms with E-state index in [9.17, 15) is 5.11 Å². The van der Waals surface area contributed by atoms with E-state index in [0.29, 0.717) is 5.92 Å². The molecule has 0 amide bonds. The van der Waals surface area contributed by atoms with Gasteiger partial charge in [0.1, 0.15) is 0 Å². The molecule has 2 heteroatoms. The number of rotatable bonds is 5. The van der Waals surface area contributed by atoms with Crippen molar-refractivity contribution in [3.8, 4) is 0 Å². The Morgan fingerprint density at radius 1 is 1.19 bits per heavy atom. The molecule has 2 nitrogen and oxygen atoms in total. The zero-order valence-corrected chi connectivity index (χ0v) is 11.4. The minimum atomic E-state index is -0.430. The Bertz CT molecular complexity index is 187. The van der Waals surface area contributed by atoms with Gasteiger partial charge in [0.25, 0.3) is 0 Å². The molecule has 1 saturated carbocycles. The maximum Gasteiger partial charge on any atom is 0.0771 e. The van der Waals surface area contributed by atoms with Crippen LogP contribution in [0.1, 0.15) is 53.4 Å². The van der Waals surface area contributed by atoms with Crippen LogP contribution in [-0.2, 0) is 0 Å². The lowest BCUT2D eigenvalue weighted by Crippen LogP contribution is -2.44. The van der Waals surface area contributed by atoms with Crippen LogP contribution in [0.2, 0.25) is 0 Å². The summed E-state index contributed by atoms with van der Waals surface area (Å²) < 4.78 is 0. The smallest absolute Gasteiger partial charge is 0.0771 e. The van der Waals surface area contributed by atoms with E-state index >= 15 is 0 Å². The van der Waals surface area contributed by atoms with Gasteiger partial charge in [-0.05, 0) is 50.0 Å². The minimum Gasteiger partial charge on any atom is -0.389 e. The lowest BCUT2D eigenvalue weighted by atomic mass is 9.74. The fourth-order valence-corrected chi connectivity index (χ4v) is 2.61.